The number of aryl methyl sites for hydroxylation is 1. The summed E-state index contributed by atoms with van der Waals surface area (Å²) in [7, 11) is 0. The Balaban J connectivity index is 1.27. The van der Waals surface area contributed by atoms with Crippen LogP contribution in [0.1, 0.15) is 34.1 Å². The number of rotatable bonds is 9. The first-order chi connectivity index (χ1) is 22.5. The van der Waals surface area contributed by atoms with Gasteiger partial charge in [-0.25, -0.2) is 4.98 Å². The second-order valence-corrected chi connectivity index (χ2v) is 12.8. The van der Waals surface area contributed by atoms with E-state index in [1.807, 2.05) is 78.9 Å². The molecule has 1 fully saturated rings. The number of aromatic nitrogens is 4. The summed E-state index contributed by atoms with van der Waals surface area (Å²) in [6, 6.07) is 31.5. The van der Waals surface area contributed by atoms with E-state index in [1.165, 1.54) is 28.0 Å². The maximum Gasteiger partial charge on any atom is 0.301 e. The van der Waals surface area contributed by atoms with E-state index in [1.54, 1.807) is 41.8 Å². The molecule has 3 aromatic heterocycles. The van der Waals surface area contributed by atoms with E-state index in [4.69, 9.17) is 4.74 Å². The number of Topliss-reactive ketones (excluding diaryl/α,β-unsaturated/α-hetero) is 1. The van der Waals surface area contributed by atoms with Crippen molar-refractivity contribution in [2.24, 2.45) is 0 Å². The van der Waals surface area contributed by atoms with Gasteiger partial charge >= 0.3 is 5.91 Å². The molecule has 1 amide bonds. The predicted octanol–water partition coefficient (Wildman–Crippen LogP) is 6.99. The quantitative estimate of drug-likeness (QED) is 0.0589. The van der Waals surface area contributed by atoms with E-state index >= 15 is 0 Å². The minimum atomic E-state index is -0.961. The molecule has 4 heterocycles. The van der Waals surface area contributed by atoms with Crippen LogP contribution in [0.2, 0.25) is 0 Å². The summed E-state index contributed by atoms with van der Waals surface area (Å²) >= 11 is 2.73. The highest BCUT2D eigenvalue weighted by Crippen LogP contribution is 2.44. The van der Waals surface area contributed by atoms with Gasteiger partial charge < -0.3 is 9.84 Å². The Hall–Kier alpha value is -5.26. The number of ketones is 1. The molecule has 1 aliphatic rings. The van der Waals surface area contributed by atoms with E-state index < -0.39 is 17.7 Å². The summed E-state index contributed by atoms with van der Waals surface area (Å²) in [6.07, 6.45) is 1.76. The molecule has 0 aliphatic carbocycles. The minimum absolute atomic E-state index is 0.0506. The van der Waals surface area contributed by atoms with Crippen molar-refractivity contribution >= 4 is 51.3 Å². The SMILES string of the molecule is Cc1nc2ccccn2c1/C(O)=C1\C(=O)C(=O)N(c2nnc(SCc3ccccc3)s2)C1c1ccc(OCc2ccccc2)cc1. The molecule has 1 unspecified atom stereocenters. The lowest BCUT2D eigenvalue weighted by Crippen LogP contribution is -2.29. The number of ether oxygens (including phenoxy) is 1. The Bertz CT molecular complexity index is 2080. The van der Waals surface area contributed by atoms with E-state index in [0.717, 1.165) is 11.1 Å². The normalized spacial score (nSPS) is 15.9. The third-order valence-electron chi connectivity index (χ3n) is 7.62. The van der Waals surface area contributed by atoms with Crippen LogP contribution in [0.15, 0.2) is 119 Å². The highest BCUT2D eigenvalue weighted by Gasteiger charge is 2.49. The highest BCUT2D eigenvalue weighted by atomic mass is 32.2. The Kier molecular flexibility index (Phi) is 8.08. The average molecular weight is 646 g/mol. The predicted molar refractivity (Wildman–Crippen MR) is 178 cm³/mol. The van der Waals surface area contributed by atoms with Gasteiger partial charge in [0, 0.05) is 11.9 Å². The number of amides is 1. The molecule has 228 valence electrons. The first kappa shape index (κ1) is 29.5. The van der Waals surface area contributed by atoms with Crippen LogP contribution < -0.4 is 9.64 Å². The zero-order valence-electron chi connectivity index (χ0n) is 24.6. The smallest absolute Gasteiger partial charge is 0.301 e. The molecule has 3 aromatic carbocycles. The van der Waals surface area contributed by atoms with Gasteiger partial charge in [-0.3, -0.25) is 18.9 Å². The summed E-state index contributed by atoms with van der Waals surface area (Å²) in [6.45, 7) is 2.15. The fourth-order valence-electron chi connectivity index (χ4n) is 5.44. The van der Waals surface area contributed by atoms with Gasteiger partial charge in [0.25, 0.3) is 5.78 Å². The summed E-state index contributed by atoms with van der Waals surface area (Å²) in [4.78, 5) is 33.4. The van der Waals surface area contributed by atoms with Gasteiger partial charge in [0.05, 0.1) is 17.3 Å². The number of hydrogen-bond acceptors (Lipinski definition) is 9. The van der Waals surface area contributed by atoms with Crippen LogP contribution in [-0.4, -0.2) is 36.4 Å². The largest absolute Gasteiger partial charge is 0.505 e. The van der Waals surface area contributed by atoms with Crippen LogP contribution in [0.25, 0.3) is 11.4 Å². The topological polar surface area (TPSA) is 110 Å². The lowest BCUT2D eigenvalue weighted by molar-refractivity contribution is -0.132. The number of fused-ring (bicyclic) bond motifs is 1. The molecule has 1 saturated heterocycles. The molecule has 6 aromatic rings. The second kappa shape index (κ2) is 12.6. The fourth-order valence-corrected chi connectivity index (χ4v) is 7.26. The van der Waals surface area contributed by atoms with Crippen molar-refractivity contribution < 1.29 is 19.4 Å². The number of aliphatic hydroxyl groups is 1. The second-order valence-electron chi connectivity index (χ2n) is 10.6. The molecule has 7 rings (SSSR count). The van der Waals surface area contributed by atoms with E-state index in [0.29, 0.717) is 45.0 Å². The molecule has 0 bridgehead atoms. The number of aliphatic hydroxyl groups excluding tert-OH is 1. The number of thioether (sulfide) groups is 1. The number of carbonyl (C=O) groups excluding carboxylic acids is 2. The van der Waals surface area contributed by atoms with Gasteiger partial charge in [-0.05, 0) is 47.9 Å². The van der Waals surface area contributed by atoms with E-state index in [2.05, 4.69) is 15.2 Å². The summed E-state index contributed by atoms with van der Waals surface area (Å²) in [5.41, 5.74) is 4.18. The standard InChI is InChI=1S/C35H27N5O4S2/c1-22-29(39-19-9-8-14-27(39)36-22)31(41)28-30(25-15-17-26(18-16-25)44-20-23-10-4-2-5-11-23)40(33(43)32(28)42)34-37-38-35(46-34)45-21-24-12-6-3-7-13-24/h2-19,30,41H,20-21H2,1H3/b31-28+. The summed E-state index contributed by atoms with van der Waals surface area (Å²) < 4.78 is 8.35. The molecule has 0 spiro atoms. The highest BCUT2D eigenvalue weighted by molar-refractivity contribution is 8.00. The van der Waals surface area contributed by atoms with Crippen LogP contribution >= 0.6 is 23.1 Å². The third kappa shape index (κ3) is 5.66. The van der Waals surface area contributed by atoms with Crippen molar-refractivity contribution in [1.82, 2.24) is 19.6 Å². The number of pyridine rings is 1. The first-order valence-corrected chi connectivity index (χ1v) is 16.3. The Morgan fingerprint density at radius 1 is 0.891 bits per heavy atom. The fraction of sp³-hybridized carbons (Fsp3) is 0.114. The Morgan fingerprint density at radius 2 is 1.59 bits per heavy atom. The zero-order valence-corrected chi connectivity index (χ0v) is 26.2. The Labute approximate surface area is 272 Å². The third-order valence-corrected chi connectivity index (χ3v) is 9.75. The van der Waals surface area contributed by atoms with Crippen molar-refractivity contribution in [2.45, 2.75) is 29.7 Å². The maximum atomic E-state index is 13.8. The van der Waals surface area contributed by atoms with Crippen LogP contribution in [0.5, 0.6) is 5.75 Å². The first-order valence-electron chi connectivity index (χ1n) is 14.5. The van der Waals surface area contributed by atoms with Crippen molar-refractivity contribution in [1.29, 1.82) is 0 Å². The van der Waals surface area contributed by atoms with E-state index in [9.17, 15) is 14.7 Å². The van der Waals surface area contributed by atoms with Crippen LogP contribution in [0.4, 0.5) is 5.13 Å². The molecule has 11 heteroatoms. The van der Waals surface area contributed by atoms with Gasteiger partial charge in [-0.15, -0.1) is 10.2 Å². The van der Waals surface area contributed by atoms with Crippen LogP contribution in [0, 0.1) is 6.92 Å². The number of imidazole rings is 1. The Morgan fingerprint density at radius 3 is 2.33 bits per heavy atom. The van der Waals surface area contributed by atoms with Crippen molar-refractivity contribution in [2.75, 3.05) is 4.90 Å². The molecule has 0 radical (unpaired) electrons. The number of carbonyl (C=O) groups is 2. The molecule has 1 atom stereocenters. The van der Waals surface area contributed by atoms with Gasteiger partial charge in [-0.1, -0.05) is 102 Å². The molecule has 9 nitrogen and oxygen atoms in total. The number of anilines is 1. The van der Waals surface area contributed by atoms with E-state index in [-0.39, 0.29) is 16.5 Å². The van der Waals surface area contributed by atoms with Crippen molar-refractivity contribution in [3.8, 4) is 5.75 Å². The summed E-state index contributed by atoms with van der Waals surface area (Å²) in [5, 5.41) is 20.7. The molecule has 46 heavy (non-hydrogen) atoms. The van der Waals surface area contributed by atoms with Gasteiger partial charge in [-0.2, -0.15) is 0 Å². The monoisotopic (exact) mass is 645 g/mol. The van der Waals surface area contributed by atoms with Crippen molar-refractivity contribution in [3.63, 3.8) is 0 Å². The lowest BCUT2D eigenvalue weighted by Gasteiger charge is -2.22. The molecule has 1 aliphatic heterocycles. The van der Waals surface area contributed by atoms with Crippen LogP contribution in [-0.2, 0) is 21.9 Å². The molecular formula is C35H27N5O4S2. The van der Waals surface area contributed by atoms with Gasteiger partial charge in [0.2, 0.25) is 5.13 Å². The minimum Gasteiger partial charge on any atom is -0.505 e. The van der Waals surface area contributed by atoms with Gasteiger partial charge in [0.15, 0.2) is 10.1 Å². The maximum absolute atomic E-state index is 13.8. The number of hydrogen-bond donors (Lipinski definition) is 1. The molecular weight excluding hydrogens is 619 g/mol. The number of benzene rings is 3. The zero-order chi connectivity index (χ0) is 31.6. The van der Waals surface area contributed by atoms with Gasteiger partial charge in [0.1, 0.15) is 23.7 Å². The molecule has 1 N–H and O–H groups in total. The van der Waals surface area contributed by atoms with Crippen LogP contribution in [0.3, 0.4) is 0 Å². The average Bonchev–Trinajstić information content (AvgIpc) is 3.77. The lowest BCUT2D eigenvalue weighted by atomic mass is 9.96. The molecule has 0 saturated carbocycles. The van der Waals surface area contributed by atoms with Crippen molar-refractivity contribution in [3.05, 3.63) is 143 Å². The summed E-state index contributed by atoms with van der Waals surface area (Å²) in [5.74, 6) is -0.619. The number of nitrogens with zero attached hydrogens (tertiary/aromatic N) is 5.